The number of nitrogens with one attached hydrogen (secondary N) is 1. The normalized spacial score (nSPS) is 15.4. The predicted molar refractivity (Wildman–Crippen MR) is 119 cm³/mol. The zero-order chi connectivity index (χ0) is 22.4. The SMILES string of the molecule is CC[C@H](NS(=O)(=O)c1ccc(OC)c(C(=O)N2CCCCC2)c1)c1ccc(OC)cc1. The Bertz CT molecular complexity index is 999. The molecule has 1 atom stereocenters. The summed E-state index contributed by atoms with van der Waals surface area (Å²) in [5.41, 5.74) is 1.11. The van der Waals surface area contributed by atoms with Gasteiger partial charge in [0.25, 0.3) is 5.91 Å². The summed E-state index contributed by atoms with van der Waals surface area (Å²) < 4.78 is 39.6. The average molecular weight is 447 g/mol. The Morgan fingerprint density at radius 3 is 2.29 bits per heavy atom. The highest BCUT2D eigenvalue weighted by atomic mass is 32.2. The van der Waals surface area contributed by atoms with Crippen molar-refractivity contribution in [3.63, 3.8) is 0 Å². The minimum absolute atomic E-state index is 0.0422. The van der Waals surface area contributed by atoms with Crippen LogP contribution in [0.5, 0.6) is 11.5 Å². The number of nitrogens with zero attached hydrogens (tertiary/aromatic N) is 1. The number of methoxy groups -OCH3 is 2. The fourth-order valence-corrected chi connectivity index (χ4v) is 5.10. The largest absolute Gasteiger partial charge is 0.497 e. The number of carbonyl (C=O) groups excluding carboxylic acids is 1. The Labute approximate surface area is 184 Å². The van der Waals surface area contributed by atoms with Gasteiger partial charge in [0.15, 0.2) is 0 Å². The van der Waals surface area contributed by atoms with Gasteiger partial charge in [0.2, 0.25) is 10.0 Å². The summed E-state index contributed by atoms with van der Waals surface area (Å²) in [4.78, 5) is 14.8. The molecule has 2 aromatic carbocycles. The third kappa shape index (κ3) is 5.37. The second kappa shape index (κ2) is 10.2. The Balaban J connectivity index is 1.87. The lowest BCUT2D eigenvalue weighted by Crippen LogP contribution is -2.36. The van der Waals surface area contributed by atoms with Crippen LogP contribution in [0.1, 0.15) is 54.6 Å². The molecule has 8 heteroatoms. The molecule has 0 aromatic heterocycles. The second-order valence-electron chi connectivity index (χ2n) is 7.57. The van der Waals surface area contributed by atoms with Crippen molar-refractivity contribution in [3.05, 3.63) is 53.6 Å². The maximum atomic E-state index is 13.1. The van der Waals surface area contributed by atoms with E-state index >= 15 is 0 Å². The maximum absolute atomic E-state index is 13.1. The van der Waals surface area contributed by atoms with Crippen LogP contribution in [-0.2, 0) is 10.0 Å². The molecule has 1 N–H and O–H groups in total. The van der Waals surface area contributed by atoms with E-state index < -0.39 is 16.1 Å². The van der Waals surface area contributed by atoms with Crippen molar-refractivity contribution < 1.29 is 22.7 Å². The first-order valence-electron chi connectivity index (χ1n) is 10.5. The molecule has 1 saturated heterocycles. The van der Waals surface area contributed by atoms with Crippen LogP contribution in [0.15, 0.2) is 47.4 Å². The number of piperidine rings is 1. The van der Waals surface area contributed by atoms with E-state index in [-0.39, 0.29) is 16.4 Å². The van der Waals surface area contributed by atoms with Gasteiger partial charge in [-0.25, -0.2) is 13.1 Å². The summed E-state index contributed by atoms with van der Waals surface area (Å²) in [6.07, 6.45) is 3.57. The van der Waals surface area contributed by atoms with Gasteiger partial charge in [0, 0.05) is 19.1 Å². The third-order valence-corrected chi connectivity index (χ3v) is 7.05. The second-order valence-corrected chi connectivity index (χ2v) is 9.28. The van der Waals surface area contributed by atoms with E-state index in [4.69, 9.17) is 9.47 Å². The average Bonchev–Trinajstić information content (AvgIpc) is 2.82. The van der Waals surface area contributed by atoms with Crippen LogP contribution in [-0.4, -0.2) is 46.5 Å². The number of sulfonamides is 1. The van der Waals surface area contributed by atoms with Crippen molar-refractivity contribution in [3.8, 4) is 11.5 Å². The van der Waals surface area contributed by atoms with Gasteiger partial charge in [-0.1, -0.05) is 19.1 Å². The Kier molecular flexibility index (Phi) is 7.56. The molecule has 1 aliphatic rings. The minimum atomic E-state index is -3.85. The Morgan fingerprint density at radius 2 is 1.71 bits per heavy atom. The van der Waals surface area contributed by atoms with Gasteiger partial charge < -0.3 is 14.4 Å². The topological polar surface area (TPSA) is 84.9 Å². The predicted octanol–water partition coefficient (Wildman–Crippen LogP) is 3.76. The molecule has 1 heterocycles. The summed E-state index contributed by atoms with van der Waals surface area (Å²) in [6, 6.07) is 11.3. The first-order chi connectivity index (χ1) is 14.9. The van der Waals surface area contributed by atoms with Crippen LogP contribution < -0.4 is 14.2 Å². The van der Waals surface area contributed by atoms with E-state index in [1.165, 1.54) is 19.2 Å². The zero-order valence-electron chi connectivity index (χ0n) is 18.3. The smallest absolute Gasteiger partial charge is 0.257 e. The van der Waals surface area contributed by atoms with Crippen molar-refractivity contribution in [2.75, 3.05) is 27.3 Å². The van der Waals surface area contributed by atoms with E-state index in [1.54, 1.807) is 30.2 Å². The molecule has 0 bridgehead atoms. The molecular formula is C23H30N2O5S. The van der Waals surface area contributed by atoms with Gasteiger partial charge in [-0.05, 0) is 61.6 Å². The van der Waals surface area contributed by atoms with E-state index in [1.807, 2.05) is 19.1 Å². The van der Waals surface area contributed by atoms with Gasteiger partial charge in [0.1, 0.15) is 11.5 Å². The molecule has 1 aliphatic heterocycles. The Hall–Kier alpha value is -2.58. The highest BCUT2D eigenvalue weighted by molar-refractivity contribution is 7.89. The Morgan fingerprint density at radius 1 is 1.03 bits per heavy atom. The van der Waals surface area contributed by atoms with Crippen molar-refractivity contribution in [2.45, 2.75) is 43.5 Å². The van der Waals surface area contributed by atoms with Crippen LogP contribution in [0.3, 0.4) is 0 Å². The minimum Gasteiger partial charge on any atom is -0.497 e. The lowest BCUT2D eigenvalue weighted by molar-refractivity contribution is 0.0720. The quantitative estimate of drug-likeness (QED) is 0.667. The summed E-state index contributed by atoms with van der Waals surface area (Å²) in [5.74, 6) is 0.880. The maximum Gasteiger partial charge on any atom is 0.257 e. The van der Waals surface area contributed by atoms with Crippen LogP contribution in [0.2, 0.25) is 0 Å². The highest BCUT2D eigenvalue weighted by Gasteiger charge is 2.26. The molecular weight excluding hydrogens is 416 g/mol. The summed E-state index contributed by atoms with van der Waals surface area (Å²) in [6.45, 7) is 3.26. The number of carbonyl (C=O) groups is 1. The number of hydrogen-bond donors (Lipinski definition) is 1. The molecule has 0 aliphatic carbocycles. The first kappa shape index (κ1) is 23.1. The highest BCUT2D eigenvalue weighted by Crippen LogP contribution is 2.27. The molecule has 7 nitrogen and oxygen atoms in total. The lowest BCUT2D eigenvalue weighted by Gasteiger charge is -2.27. The van der Waals surface area contributed by atoms with Crippen molar-refractivity contribution in [1.82, 2.24) is 9.62 Å². The number of amides is 1. The molecule has 31 heavy (non-hydrogen) atoms. The molecule has 168 valence electrons. The van der Waals surface area contributed by atoms with E-state index in [9.17, 15) is 13.2 Å². The fourth-order valence-electron chi connectivity index (χ4n) is 3.77. The summed E-state index contributed by atoms with van der Waals surface area (Å²) >= 11 is 0. The summed E-state index contributed by atoms with van der Waals surface area (Å²) in [5, 5.41) is 0. The van der Waals surface area contributed by atoms with Crippen molar-refractivity contribution in [2.24, 2.45) is 0 Å². The number of likely N-dealkylation sites (tertiary alicyclic amines) is 1. The zero-order valence-corrected chi connectivity index (χ0v) is 19.1. The van der Waals surface area contributed by atoms with Gasteiger partial charge in [-0.15, -0.1) is 0 Å². The first-order valence-corrected chi connectivity index (χ1v) is 12.0. The van der Waals surface area contributed by atoms with Crippen LogP contribution in [0, 0.1) is 0 Å². The molecule has 0 radical (unpaired) electrons. The van der Waals surface area contributed by atoms with Crippen molar-refractivity contribution >= 4 is 15.9 Å². The standard InChI is InChI=1S/C23H30N2O5S/c1-4-21(17-8-10-18(29-2)11-9-17)24-31(27,28)19-12-13-22(30-3)20(16-19)23(26)25-14-6-5-7-15-25/h8-13,16,21,24H,4-7,14-15H2,1-3H3/t21-/m0/s1. The van der Waals surface area contributed by atoms with E-state index in [0.29, 0.717) is 31.0 Å². The van der Waals surface area contributed by atoms with Crippen molar-refractivity contribution in [1.29, 1.82) is 0 Å². The van der Waals surface area contributed by atoms with Gasteiger partial charge in [0.05, 0.1) is 24.7 Å². The molecule has 1 amide bonds. The van der Waals surface area contributed by atoms with Crippen LogP contribution in [0.25, 0.3) is 0 Å². The molecule has 3 rings (SSSR count). The lowest BCUT2D eigenvalue weighted by atomic mass is 10.1. The van der Waals surface area contributed by atoms with E-state index in [0.717, 1.165) is 24.8 Å². The monoisotopic (exact) mass is 446 g/mol. The number of ether oxygens (including phenoxy) is 2. The number of benzene rings is 2. The molecule has 1 fully saturated rings. The van der Waals surface area contributed by atoms with Crippen LogP contribution >= 0.6 is 0 Å². The summed E-state index contributed by atoms with van der Waals surface area (Å²) in [7, 11) is -0.792. The molecule has 0 saturated carbocycles. The molecule has 0 spiro atoms. The van der Waals surface area contributed by atoms with Gasteiger partial charge >= 0.3 is 0 Å². The number of hydrogen-bond acceptors (Lipinski definition) is 5. The third-order valence-electron chi connectivity index (χ3n) is 5.58. The van der Waals surface area contributed by atoms with Gasteiger partial charge in [-0.3, -0.25) is 4.79 Å². The molecule has 0 unspecified atom stereocenters. The van der Waals surface area contributed by atoms with E-state index in [2.05, 4.69) is 4.72 Å². The fraction of sp³-hybridized carbons (Fsp3) is 0.435. The molecule has 2 aromatic rings. The van der Waals surface area contributed by atoms with Gasteiger partial charge in [-0.2, -0.15) is 0 Å². The van der Waals surface area contributed by atoms with Crippen LogP contribution in [0.4, 0.5) is 0 Å². The number of rotatable bonds is 8.